The molecule has 33 heavy (non-hydrogen) atoms. The lowest BCUT2D eigenvalue weighted by Gasteiger charge is -2.19. The van der Waals surface area contributed by atoms with E-state index in [2.05, 4.69) is 15.0 Å². The van der Waals surface area contributed by atoms with Gasteiger partial charge in [0.2, 0.25) is 0 Å². The third-order valence-electron chi connectivity index (χ3n) is 5.18. The van der Waals surface area contributed by atoms with Crippen molar-refractivity contribution in [3.05, 3.63) is 65.6 Å². The second-order valence-electron chi connectivity index (χ2n) is 7.23. The number of halogens is 4. The summed E-state index contributed by atoms with van der Waals surface area (Å²) in [6, 6.07) is 4.50. The maximum absolute atomic E-state index is 13.3. The number of carbonyl (C=O) groups is 1. The molecule has 12 heteroatoms. The van der Waals surface area contributed by atoms with Gasteiger partial charge in [0.1, 0.15) is 11.5 Å². The van der Waals surface area contributed by atoms with Gasteiger partial charge in [0, 0.05) is 30.9 Å². The summed E-state index contributed by atoms with van der Waals surface area (Å²) in [5.74, 6) is -1.79. The van der Waals surface area contributed by atoms with Crippen molar-refractivity contribution in [2.75, 3.05) is 17.2 Å². The van der Waals surface area contributed by atoms with Gasteiger partial charge < -0.3 is 4.90 Å². The van der Waals surface area contributed by atoms with E-state index in [1.54, 1.807) is 0 Å². The van der Waals surface area contributed by atoms with Crippen LogP contribution in [0.25, 0.3) is 11.3 Å². The van der Waals surface area contributed by atoms with Crippen LogP contribution in [0.3, 0.4) is 0 Å². The van der Waals surface area contributed by atoms with E-state index in [0.29, 0.717) is 11.9 Å². The largest absolute Gasteiger partial charge is 0.417 e. The number of pyridine rings is 3. The molecule has 3 aromatic rings. The number of aromatic nitrogens is 3. The van der Waals surface area contributed by atoms with Gasteiger partial charge in [-0.1, -0.05) is 6.92 Å². The zero-order chi connectivity index (χ0) is 24.0. The summed E-state index contributed by atoms with van der Waals surface area (Å²) in [6.07, 6.45) is -1.58. The third kappa shape index (κ3) is 4.30. The molecule has 0 aromatic carbocycles. The van der Waals surface area contributed by atoms with E-state index in [9.17, 15) is 30.8 Å². The summed E-state index contributed by atoms with van der Waals surface area (Å²) in [5, 5.41) is 0. The lowest BCUT2D eigenvalue weighted by Crippen LogP contribution is -2.31. The number of fused-ring (bicyclic) bond motifs is 1. The minimum atomic E-state index is -4.65. The van der Waals surface area contributed by atoms with Crippen molar-refractivity contribution in [2.24, 2.45) is 0 Å². The number of alkyl halides is 3. The molecule has 4 heterocycles. The second-order valence-corrected chi connectivity index (χ2v) is 9.48. The van der Waals surface area contributed by atoms with Crippen molar-refractivity contribution >= 4 is 21.4 Å². The van der Waals surface area contributed by atoms with Crippen molar-refractivity contribution in [3.63, 3.8) is 0 Å². The number of hydrogen-bond acceptors (Lipinski definition) is 6. The van der Waals surface area contributed by atoms with Gasteiger partial charge in [-0.25, -0.2) is 17.8 Å². The first kappa shape index (κ1) is 22.8. The Morgan fingerprint density at radius 2 is 1.85 bits per heavy atom. The molecule has 0 aliphatic carbocycles. The van der Waals surface area contributed by atoms with Crippen molar-refractivity contribution in [1.29, 1.82) is 0 Å². The predicted molar refractivity (Wildman–Crippen MR) is 110 cm³/mol. The van der Waals surface area contributed by atoms with Crippen LogP contribution in [0.2, 0.25) is 0 Å². The van der Waals surface area contributed by atoms with Gasteiger partial charge >= 0.3 is 6.18 Å². The van der Waals surface area contributed by atoms with E-state index in [1.807, 2.05) is 0 Å². The zero-order valence-corrected chi connectivity index (χ0v) is 17.9. The average Bonchev–Trinajstić information content (AvgIpc) is 3.21. The minimum absolute atomic E-state index is 0.0248. The molecule has 3 aromatic heterocycles. The van der Waals surface area contributed by atoms with Crippen molar-refractivity contribution < 1.29 is 30.8 Å². The molecule has 0 radical (unpaired) electrons. The fraction of sp³-hybridized carbons (Fsp3) is 0.238. The first-order valence-corrected chi connectivity index (χ1v) is 11.4. The Balaban J connectivity index is 1.80. The number of rotatable bonds is 4. The molecule has 1 aliphatic rings. The van der Waals surface area contributed by atoms with E-state index in [0.717, 1.165) is 23.2 Å². The fourth-order valence-electron chi connectivity index (χ4n) is 3.42. The molecule has 0 saturated carbocycles. The number of amides is 1. The van der Waals surface area contributed by atoms with Gasteiger partial charge in [-0.3, -0.25) is 14.8 Å². The van der Waals surface area contributed by atoms with Gasteiger partial charge in [0.15, 0.2) is 9.84 Å². The maximum atomic E-state index is 13.3. The van der Waals surface area contributed by atoms with E-state index >= 15 is 0 Å². The SMILES string of the molecule is CCS(=O)(=O)c1cc(-c2ccc(F)cn2)cnc1C(=O)N1CCc2ncc(C(F)(F)F)cc21. The Bertz CT molecular complexity index is 1340. The molecule has 0 spiro atoms. The van der Waals surface area contributed by atoms with E-state index in [4.69, 9.17) is 0 Å². The molecule has 172 valence electrons. The normalized spacial score (nSPS) is 13.8. The van der Waals surface area contributed by atoms with E-state index < -0.39 is 39.0 Å². The Morgan fingerprint density at radius 3 is 2.48 bits per heavy atom. The molecule has 7 nitrogen and oxygen atoms in total. The van der Waals surface area contributed by atoms with Gasteiger partial charge in [0.05, 0.1) is 39.5 Å². The predicted octanol–water partition coefficient (Wildman–Crippen LogP) is 3.69. The molecule has 4 rings (SSSR count). The highest BCUT2D eigenvalue weighted by molar-refractivity contribution is 7.91. The van der Waals surface area contributed by atoms with Gasteiger partial charge in [-0.05, 0) is 24.3 Å². The lowest BCUT2D eigenvalue weighted by atomic mass is 10.1. The van der Waals surface area contributed by atoms with Gasteiger partial charge in [0.25, 0.3) is 5.91 Å². The van der Waals surface area contributed by atoms with Crippen LogP contribution in [0.4, 0.5) is 23.2 Å². The van der Waals surface area contributed by atoms with Crippen molar-refractivity contribution in [3.8, 4) is 11.3 Å². The standard InChI is InChI=1S/C21H16F4N4O3S/c1-2-33(31,32)18-7-12(15-4-3-14(22)11-27-15)9-28-19(18)20(30)29-6-5-16-17(29)8-13(10-26-16)21(23,24)25/h3-4,7-11H,2,5-6H2,1H3. The molecular formula is C21H16F4N4O3S. The summed E-state index contributed by atoms with van der Waals surface area (Å²) in [6.45, 7) is 1.41. The average molecular weight is 480 g/mol. The van der Waals surface area contributed by atoms with Crippen LogP contribution in [-0.2, 0) is 22.4 Å². The molecule has 0 fully saturated rings. The van der Waals surface area contributed by atoms with Gasteiger partial charge in [-0.15, -0.1) is 0 Å². The first-order valence-electron chi connectivity index (χ1n) is 9.74. The molecule has 0 saturated heterocycles. The van der Waals surface area contributed by atoms with Crippen LogP contribution in [0.15, 0.2) is 47.8 Å². The molecule has 0 N–H and O–H groups in total. The molecule has 0 unspecified atom stereocenters. The van der Waals surface area contributed by atoms with Crippen LogP contribution in [0.5, 0.6) is 0 Å². The molecule has 0 bridgehead atoms. The monoisotopic (exact) mass is 480 g/mol. The Morgan fingerprint density at radius 1 is 1.09 bits per heavy atom. The molecule has 1 aliphatic heterocycles. The van der Waals surface area contributed by atoms with Crippen LogP contribution in [0, 0.1) is 5.82 Å². The zero-order valence-electron chi connectivity index (χ0n) is 17.1. The number of anilines is 1. The summed E-state index contributed by atoms with van der Waals surface area (Å²) in [5.41, 5.74) is -0.715. The summed E-state index contributed by atoms with van der Waals surface area (Å²) < 4.78 is 78.1. The van der Waals surface area contributed by atoms with Crippen LogP contribution >= 0.6 is 0 Å². The second kappa shape index (κ2) is 8.18. The molecular weight excluding hydrogens is 464 g/mol. The number of hydrogen-bond donors (Lipinski definition) is 0. The van der Waals surface area contributed by atoms with E-state index in [-0.39, 0.29) is 40.6 Å². The number of sulfone groups is 1. The molecule has 1 amide bonds. The Kier molecular flexibility index (Phi) is 5.64. The van der Waals surface area contributed by atoms with Crippen molar-refractivity contribution in [2.45, 2.75) is 24.4 Å². The molecule has 0 atom stereocenters. The summed E-state index contributed by atoms with van der Waals surface area (Å²) in [7, 11) is -3.96. The van der Waals surface area contributed by atoms with Crippen LogP contribution in [0.1, 0.15) is 28.7 Å². The highest BCUT2D eigenvalue weighted by atomic mass is 32.2. The van der Waals surface area contributed by atoms with Crippen molar-refractivity contribution in [1.82, 2.24) is 15.0 Å². The first-order chi connectivity index (χ1) is 15.5. The van der Waals surface area contributed by atoms with Gasteiger partial charge in [-0.2, -0.15) is 13.2 Å². The Hall–Kier alpha value is -3.41. The minimum Gasteiger partial charge on any atom is -0.305 e. The smallest absolute Gasteiger partial charge is 0.305 e. The third-order valence-corrected chi connectivity index (χ3v) is 6.92. The van der Waals surface area contributed by atoms with Crippen LogP contribution < -0.4 is 4.90 Å². The summed E-state index contributed by atoms with van der Waals surface area (Å²) >= 11 is 0. The van der Waals surface area contributed by atoms with E-state index in [1.165, 1.54) is 25.3 Å². The highest BCUT2D eigenvalue weighted by Crippen LogP contribution is 2.36. The maximum Gasteiger partial charge on any atom is 0.417 e. The van der Waals surface area contributed by atoms with Crippen LogP contribution in [-0.4, -0.2) is 41.6 Å². The Labute approximate surface area is 186 Å². The topological polar surface area (TPSA) is 93.1 Å². The highest BCUT2D eigenvalue weighted by Gasteiger charge is 2.36. The quantitative estimate of drug-likeness (QED) is 0.529. The summed E-state index contributed by atoms with van der Waals surface area (Å²) in [4.78, 5) is 25.7. The fourth-order valence-corrected chi connectivity index (χ4v) is 4.48. The lowest BCUT2D eigenvalue weighted by molar-refractivity contribution is -0.137. The number of carbonyl (C=O) groups excluding carboxylic acids is 1. The number of nitrogens with zero attached hydrogens (tertiary/aromatic N) is 4.